The Hall–Kier alpha value is -2.89. The van der Waals surface area contributed by atoms with E-state index in [1.165, 1.54) is 18.1 Å². The summed E-state index contributed by atoms with van der Waals surface area (Å²) >= 11 is -0.187. The van der Waals surface area contributed by atoms with E-state index in [2.05, 4.69) is 10.3 Å². The highest BCUT2D eigenvalue weighted by molar-refractivity contribution is 7.63. The van der Waals surface area contributed by atoms with Gasteiger partial charge < -0.3 is 14.8 Å². The average Bonchev–Trinajstić information content (AvgIpc) is 3.66. The topological polar surface area (TPSA) is 101 Å². The van der Waals surface area contributed by atoms with E-state index in [0.717, 1.165) is 24.8 Å². The molecule has 43 heavy (non-hydrogen) atoms. The van der Waals surface area contributed by atoms with Crippen LogP contribution in [0.2, 0.25) is 0 Å². The normalized spacial score (nSPS) is 20.6. The number of likely N-dealkylation sites (tertiary alicyclic amines) is 1. The van der Waals surface area contributed by atoms with Gasteiger partial charge in [0.1, 0.15) is 17.5 Å². The van der Waals surface area contributed by atoms with Crippen LogP contribution in [0.5, 0.6) is 0 Å². The fourth-order valence-electron chi connectivity index (χ4n) is 5.85. The van der Waals surface area contributed by atoms with Crippen molar-refractivity contribution in [2.45, 2.75) is 102 Å². The highest BCUT2D eigenvalue weighted by Crippen LogP contribution is 2.47. The molecule has 1 aliphatic carbocycles. The summed E-state index contributed by atoms with van der Waals surface area (Å²) in [6, 6.07) is 7.56. The fourth-order valence-corrected chi connectivity index (χ4v) is 6.57. The lowest BCUT2D eigenvalue weighted by Crippen LogP contribution is -2.54. The molecule has 2 amide bonds. The number of anilines is 1. The van der Waals surface area contributed by atoms with Crippen LogP contribution in [-0.2, 0) is 31.7 Å². The number of ether oxygens (including phenoxy) is 2. The minimum absolute atomic E-state index is 0.0196. The van der Waals surface area contributed by atoms with Gasteiger partial charge >= 0.3 is 6.09 Å². The van der Waals surface area contributed by atoms with Crippen LogP contribution in [0.25, 0.3) is 0 Å². The molecule has 9 nitrogen and oxygen atoms in total. The summed E-state index contributed by atoms with van der Waals surface area (Å²) in [6.45, 7) is 11.4. The quantitative estimate of drug-likeness (QED) is 0.338. The largest absolute Gasteiger partial charge is 0.444 e. The zero-order chi connectivity index (χ0) is 31.6. The lowest BCUT2D eigenvalue weighted by Gasteiger charge is -2.48. The first-order valence-corrected chi connectivity index (χ1v) is 15.6. The Labute approximate surface area is 258 Å². The number of carbonyl (C=O) groups is 2. The van der Waals surface area contributed by atoms with Crippen molar-refractivity contribution in [1.82, 2.24) is 14.2 Å². The Morgan fingerprint density at radius 3 is 2.33 bits per heavy atom. The number of nitrogens with one attached hydrogen (secondary N) is 1. The number of hydrogen-bond acceptors (Lipinski definition) is 6. The van der Waals surface area contributed by atoms with Crippen LogP contribution in [0.15, 0.2) is 42.7 Å². The number of hydrogen-bond donors (Lipinski definition) is 2. The summed E-state index contributed by atoms with van der Waals surface area (Å²) < 4.78 is 41.3. The van der Waals surface area contributed by atoms with Crippen molar-refractivity contribution in [3.8, 4) is 0 Å². The first-order valence-electron chi connectivity index (χ1n) is 14.9. The lowest BCUT2D eigenvalue weighted by atomic mass is 9.77. The molecule has 2 fully saturated rings. The molecule has 3 atom stereocenters. The van der Waals surface area contributed by atoms with Gasteiger partial charge in [-0.3, -0.25) is 14.7 Å². The predicted molar refractivity (Wildman–Crippen MR) is 165 cm³/mol. The highest BCUT2D eigenvalue weighted by atomic mass is 32.2. The van der Waals surface area contributed by atoms with Gasteiger partial charge in [0.25, 0.3) is 0 Å². The molecule has 4 rings (SSSR count). The van der Waals surface area contributed by atoms with E-state index in [9.17, 15) is 13.8 Å². The van der Waals surface area contributed by atoms with E-state index in [1.54, 1.807) is 45.3 Å². The number of carbonyl (C=O) groups excluding carboxylic acids is 2. The number of methoxy groups -OCH3 is 1. The second kappa shape index (κ2) is 13.0. The number of rotatable bonds is 10. The molecule has 2 heterocycles. The van der Waals surface area contributed by atoms with Gasteiger partial charge in [-0.2, -0.15) is 0 Å². The monoisotopic (exact) mass is 616 g/mol. The molecule has 1 aromatic heterocycles. The smallest absolute Gasteiger partial charge is 0.411 e. The summed E-state index contributed by atoms with van der Waals surface area (Å²) in [7, 11) is 1.53. The van der Waals surface area contributed by atoms with Gasteiger partial charge in [-0.05, 0) is 95.7 Å². The molecule has 1 N–H and O–H groups in total. The molecule has 0 unspecified atom stereocenters. The van der Waals surface area contributed by atoms with Gasteiger partial charge in [0.2, 0.25) is 5.91 Å². The maximum atomic E-state index is 15.4. The third-order valence-electron chi connectivity index (χ3n) is 8.08. The van der Waals surface area contributed by atoms with Crippen LogP contribution in [-0.4, -0.2) is 67.3 Å². The van der Waals surface area contributed by atoms with Gasteiger partial charge in [0, 0.05) is 31.5 Å². The van der Waals surface area contributed by atoms with E-state index in [4.69, 9.17) is 9.47 Å². The SMILES string of the molecule is CO[C@@H]1C[C@H](C(=O)Nc2cc([C@](CCC3CC3)(c3ccncc3)N([SH]=O)C(C)(C)C)ccc2F)N(C(=O)OC(C)(C)C)C1. The molecule has 0 radical (unpaired) electrons. The number of thiol groups is 1. The molecule has 1 aliphatic heterocycles. The number of nitrogens with zero attached hydrogens (tertiary/aromatic N) is 3. The maximum absolute atomic E-state index is 15.4. The zero-order valence-corrected chi connectivity index (χ0v) is 27.1. The minimum Gasteiger partial charge on any atom is -0.444 e. The molecule has 1 saturated carbocycles. The van der Waals surface area contributed by atoms with E-state index in [1.807, 2.05) is 37.2 Å². The predicted octanol–water partition coefficient (Wildman–Crippen LogP) is 5.58. The molecular weight excluding hydrogens is 571 g/mol. The number of amides is 2. The van der Waals surface area contributed by atoms with Gasteiger partial charge in [-0.15, -0.1) is 0 Å². The molecular formula is C32H45FN4O5S. The van der Waals surface area contributed by atoms with E-state index in [-0.39, 0.29) is 36.6 Å². The van der Waals surface area contributed by atoms with Gasteiger partial charge in [-0.1, -0.05) is 18.9 Å². The number of aromatic nitrogens is 1. The van der Waals surface area contributed by atoms with Crippen LogP contribution in [0.4, 0.5) is 14.9 Å². The van der Waals surface area contributed by atoms with E-state index < -0.39 is 40.5 Å². The van der Waals surface area contributed by atoms with Gasteiger partial charge in [0.15, 0.2) is 0 Å². The Bertz CT molecular complexity index is 1310. The van der Waals surface area contributed by atoms with Crippen molar-refractivity contribution in [2.75, 3.05) is 19.0 Å². The van der Waals surface area contributed by atoms with Crippen molar-refractivity contribution < 1.29 is 27.7 Å². The second-order valence-corrected chi connectivity index (χ2v) is 14.1. The van der Waals surface area contributed by atoms with Crippen LogP contribution >= 0.6 is 0 Å². The third kappa shape index (κ3) is 7.61. The molecule has 0 bridgehead atoms. The summed E-state index contributed by atoms with van der Waals surface area (Å²) in [4.78, 5) is 32.2. The van der Waals surface area contributed by atoms with Crippen molar-refractivity contribution in [2.24, 2.45) is 5.92 Å². The minimum atomic E-state index is -0.908. The summed E-state index contributed by atoms with van der Waals surface area (Å²) in [6.07, 6.45) is 6.50. The maximum Gasteiger partial charge on any atom is 0.411 e. The van der Waals surface area contributed by atoms with Crippen LogP contribution in [0.3, 0.4) is 0 Å². The molecule has 0 spiro atoms. The first-order chi connectivity index (χ1) is 20.2. The molecule has 236 valence electrons. The van der Waals surface area contributed by atoms with Crippen molar-refractivity contribution in [1.29, 1.82) is 0 Å². The van der Waals surface area contributed by atoms with Crippen LogP contribution in [0.1, 0.15) is 84.8 Å². The highest BCUT2D eigenvalue weighted by Gasteiger charge is 2.47. The van der Waals surface area contributed by atoms with E-state index in [0.29, 0.717) is 17.9 Å². The number of benzene rings is 1. The summed E-state index contributed by atoms with van der Waals surface area (Å²) in [5.74, 6) is -0.570. The standard InChI is InChI=1S/C32H45FN4O5S/c1-30(2,3)37(43-40)32(15-12-21-8-9-21,22-13-16-34-17-14-22)23-10-11-25(33)26(18-23)35-28(38)27-19-24(41-7)20-36(27)29(39)42-31(4,5)6/h10-11,13-14,16-18,21,24,27,43H,8-9,12,15,19-20H2,1-7H3,(H,35,38)/t24-,27-,32+/m1/s1. The van der Waals surface area contributed by atoms with E-state index >= 15 is 4.39 Å². The molecule has 1 saturated heterocycles. The fraction of sp³-hybridized carbons (Fsp3) is 0.594. The average molecular weight is 617 g/mol. The van der Waals surface area contributed by atoms with Crippen molar-refractivity contribution >= 4 is 29.5 Å². The molecule has 2 aromatic rings. The van der Waals surface area contributed by atoms with Gasteiger partial charge in [-0.25, -0.2) is 17.7 Å². The molecule has 2 aliphatic rings. The number of pyridine rings is 1. The Balaban J connectivity index is 1.75. The Kier molecular flexibility index (Phi) is 9.98. The third-order valence-corrected chi connectivity index (χ3v) is 9.18. The van der Waals surface area contributed by atoms with Crippen molar-refractivity contribution in [3.05, 3.63) is 59.7 Å². The summed E-state index contributed by atoms with van der Waals surface area (Å²) in [5.41, 5.74) is -0.646. The lowest BCUT2D eigenvalue weighted by molar-refractivity contribution is -0.120. The Morgan fingerprint density at radius 2 is 1.77 bits per heavy atom. The molecule has 1 aromatic carbocycles. The number of halogens is 1. The van der Waals surface area contributed by atoms with Crippen molar-refractivity contribution in [3.63, 3.8) is 0 Å². The van der Waals surface area contributed by atoms with Gasteiger partial charge in [0.05, 0.1) is 35.7 Å². The van der Waals surface area contributed by atoms with Crippen LogP contribution in [0, 0.1) is 11.7 Å². The zero-order valence-electron chi connectivity index (χ0n) is 26.2. The molecule has 11 heteroatoms. The Morgan fingerprint density at radius 1 is 1.09 bits per heavy atom. The van der Waals surface area contributed by atoms with Crippen LogP contribution < -0.4 is 5.32 Å². The second-order valence-electron chi connectivity index (χ2n) is 13.6. The summed E-state index contributed by atoms with van der Waals surface area (Å²) in [5, 5.41) is 2.75. The first kappa shape index (κ1) is 33.0.